The van der Waals surface area contributed by atoms with Crippen LogP contribution in [0.5, 0.6) is 0 Å². The lowest BCUT2D eigenvalue weighted by Crippen LogP contribution is -2.45. The number of nitrogens with one attached hydrogen (secondary N) is 1. The molecule has 1 fully saturated rings. The van der Waals surface area contributed by atoms with Gasteiger partial charge in [0.05, 0.1) is 0 Å². The Bertz CT molecular complexity index is 148. The van der Waals surface area contributed by atoms with Crippen LogP contribution in [0.4, 0.5) is 0 Å². The molecule has 0 saturated carbocycles. The fourth-order valence-electron chi connectivity index (χ4n) is 2.16. The summed E-state index contributed by atoms with van der Waals surface area (Å²) in [5.74, 6) is 1.68. The zero-order valence-corrected chi connectivity index (χ0v) is 10.2. The van der Waals surface area contributed by atoms with Gasteiger partial charge in [-0.2, -0.15) is 0 Å². The van der Waals surface area contributed by atoms with Crippen molar-refractivity contribution in [2.75, 3.05) is 26.7 Å². The molecule has 0 spiro atoms. The van der Waals surface area contributed by atoms with E-state index in [1.54, 1.807) is 0 Å². The van der Waals surface area contributed by atoms with Crippen LogP contribution in [0.25, 0.3) is 0 Å². The highest BCUT2D eigenvalue weighted by atomic mass is 15.2. The van der Waals surface area contributed by atoms with E-state index in [0.717, 1.165) is 11.8 Å². The molecular formula is C12H26N2. The number of hydrogen-bond donors (Lipinski definition) is 1. The van der Waals surface area contributed by atoms with Crippen molar-refractivity contribution in [3.8, 4) is 0 Å². The van der Waals surface area contributed by atoms with E-state index in [4.69, 9.17) is 0 Å². The van der Waals surface area contributed by atoms with Gasteiger partial charge in [-0.1, -0.05) is 20.8 Å². The van der Waals surface area contributed by atoms with Gasteiger partial charge in [-0.3, -0.25) is 0 Å². The summed E-state index contributed by atoms with van der Waals surface area (Å²) in [5, 5.41) is 3.42. The third-order valence-corrected chi connectivity index (χ3v) is 3.51. The predicted molar refractivity (Wildman–Crippen MR) is 62.5 cm³/mol. The molecule has 0 bridgehead atoms. The van der Waals surface area contributed by atoms with Crippen LogP contribution in [0.15, 0.2) is 0 Å². The van der Waals surface area contributed by atoms with E-state index in [9.17, 15) is 0 Å². The minimum Gasteiger partial charge on any atom is -0.315 e. The van der Waals surface area contributed by atoms with E-state index in [2.05, 4.69) is 38.0 Å². The van der Waals surface area contributed by atoms with E-state index in [1.165, 1.54) is 32.5 Å². The summed E-state index contributed by atoms with van der Waals surface area (Å²) in [6.45, 7) is 10.8. The molecule has 0 aromatic heterocycles. The third-order valence-electron chi connectivity index (χ3n) is 3.51. The molecule has 84 valence electrons. The Hall–Kier alpha value is -0.0800. The summed E-state index contributed by atoms with van der Waals surface area (Å²) in [4.78, 5) is 2.61. The monoisotopic (exact) mass is 198 g/mol. The molecule has 14 heavy (non-hydrogen) atoms. The summed E-state index contributed by atoms with van der Waals surface area (Å²) in [7, 11) is 2.08. The van der Waals surface area contributed by atoms with E-state index < -0.39 is 0 Å². The molecule has 0 aromatic rings. The fourth-order valence-corrected chi connectivity index (χ4v) is 2.16. The smallest absolute Gasteiger partial charge is 0.0214 e. The first kappa shape index (κ1) is 12.0. The molecule has 1 rings (SSSR count). The van der Waals surface area contributed by atoms with Gasteiger partial charge >= 0.3 is 0 Å². The van der Waals surface area contributed by atoms with E-state index in [-0.39, 0.29) is 0 Å². The lowest BCUT2D eigenvalue weighted by molar-refractivity contribution is 0.165. The Morgan fingerprint density at radius 3 is 2.29 bits per heavy atom. The molecule has 1 unspecified atom stereocenters. The average molecular weight is 198 g/mol. The van der Waals surface area contributed by atoms with Crippen LogP contribution < -0.4 is 5.32 Å². The Balaban J connectivity index is 2.29. The largest absolute Gasteiger partial charge is 0.315 e. The molecule has 1 atom stereocenters. The Kier molecular flexibility index (Phi) is 4.90. The van der Waals surface area contributed by atoms with Crippen LogP contribution in [-0.4, -0.2) is 37.6 Å². The highest BCUT2D eigenvalue weighted by Crippen LogP contribution is 2.16. The van der Waals surface area contributed by atoms with E-state index >= 15 is 0 Å². The standard InChI is InChI=1S/C12H26N2/c1-10(2)12(13-4)9-14-7-5-11(3)6-8-14/h10-13H,5-9H2,1-4H3. The number of likely N-dealkylation sites (N-methyl/N-ethyl adjacent to an activating group) is 1. The lowest BCUT2D eigenvalue weighted by atomic mass is 9.97. The van der Waals surface area contributed by atoms with Crippen molar-refractivity contribution in [2.45, 2.75) is 39.7 Å². The highest BCUT2D eigenvalue weighted by molar-refractivity contribution is 4.77. The summed E-state index contributed by atoms with van der Waals surface area (Å²) < 4.78 is 0. The number of rotatable bonds is 4. The quantitative estimate of drug-likeness (QED) is 0.743. The zero-order chi connectivity index (χ0) is 10.6. The van der Waals surface area contributed by atoms with Crippen molar-refractivity contribution < 1.29 is 0 Å². The normalized spacial score (nSPS) is 22.9. The molecule has 1 aliphatic heterocycles. The van der Waals surface area contributed by atoms with Gasteiger partial charge in [-0.15, -0.1) is 0 Å². The first-order valence-electron chi connectivity index (χ1n) is 6.03. The first-order valence-corrected chi connectivity index (χ1v) is 6.03. The maximum Gasteiger partial charge on any atom is 0.0214 e. The molecule has 0 aromatic carbocycles. The van der Waals surface area contributed by atoms with Crippen molar-refractivity contribution in [1.82, 2.24) is 10.2 Å². The SMILES string of the molecule is CNC(CN1CCC(C)CC1)C(C)C. The average Bonchev–Trinajstić information content (AvgIpc) is 2.16. The summed E-state index contributed by atoms with van der Waals surface area (Å²) >= 11 is 0. The Morgan fingerprint density at radius 2 is 1.86 bits per heavy atom. The molecule has 1 N–H and O–H groups in total. The summed E-state index contributed by atoms with van der Waals surface area (Å²) in [5.41, 5.74) is 0. The van der Waals surface area contributed by atoms with Gasteiger partial charge in [0.2, 0.25) is 0 Å². The van der Waals surface area contributed by atoms with E-state index in [1.807, 2.05) is 0 Å². The van der Waals surface area contributed by atoms with Crippen molar-refractivity contribution in [3.05, 3.63) is 0 Å². The lowest BCUT2D eigenvalue weighted by Gasteiger charge is -2.34. The van der Waals surface area contributed by atoms with Gasteiger partial charge in [0, 0.05) is 12.6 Å². The second kappa shape index (κ2) is 5.72. The number of piperidine rings is 1. The minimum absolute atomic E-state index is 0.656. The molecule has 0 aliphatic carbocycles. The van der Waals surface area contributed by atoms with Crippen molar-refractivity contribution in [3.63, 3.8) is 0 Å². The van der Waals surface area contributed by atoms with Crippen molar-refractivity contribution >= 4 is 0 Å². The van der Waals surface area contributed by atoms with Gasteiger partial charge in [0.1, 0.15) is 0 Å². The van der Waals surface area contributed by atoms with Crippen molar-refractivity contribution in [1.29, 1.82) is 0 Å². The van der Waals surface area contributed by atoms with Crippen LogP contribution in [0, 0.1) is 11.8 Å². The first-order chi connectivity index (χ1) is 6.63. The van der Waals surface area contributed by atoms with Gasteiger partial charge in [0.15, 0.2) is 0 Å². The molecule has 1 aliphatic rings. The molecule has 1 saturated heterocycles. The molecule has 2 heteroatoms. The predicted octanol–water partition coefficient (Wildman–Crippen LogP) is 1.96. The number of likely N-dealkylation sites (tertiary alicyclic amines) is 1. The van der Waals surface area contributed by atoms with Crippen molar-refractivity contribution in [2.24, 2.45) is 11.8 Å². The molecular weight excluding hydrogens is 172 g/mol. The van der Waals surface area contributed by atoms with Crippen LogP contribution in [0.1, 0.15) is 33.6 Å². The third kappa shape index (κ3) is 3.58. The topological polar surface area (TPSA) is 15.3 Å². The Labute approximate surface area is 89.1 Å². The second-order valence-corrected chi connectivity index (χ2v) is 5.12. The molecule has 0 radical (unpaired) electrons. The van der Waals surface area contributed by atoms with E-state index in [0.29, 0.717) is 6.04 Å². The number of nitrogens with zero attached hydrogens (tertiary/aromatic N) is 1. The summed E-state index contributed by atoms with van der Waals surface area (Å²) in [6.07, 6.45) is 2.77. The van der Waals surface area contributed by atoms with Gasteiger partial charge < -0.3 is 10.2 Å². The maximum atomic E-state index is 3.42. The van der Waals surface area contributed by atoms with Gasteiger partial charge in [-0.25, -0.2) is 0 Å². The highest BCUT2D eigenvalue weighted by Gasteiger charge is 2.19. The number of hydrogen-bond acceptors (Lipinski definition) is 2. The molecule has 2 nitrogen and oxygen atoms in total. The van der Waals surface area contributed by atoms with Gasteiger partial charge in [-0.05, 0) is 44.8 Å². The Morgan fingerprint density at radius 1 is 1.29 bits per heavy atom. The van der Waals surface area contributed by atoms with Gasteiger partial charge in [0.25, 0.3) is 0 Å². The fraction of sp³-hybridized carbons (Fsp3) is 1.00. The zero-order valence-electron chi connectivity index (χ0n) is 10.2. The van der Waals surface area contributed by atoms with Crippen LogP contribution in [-0.2, 0) is 0 Å². The van der Waals surface area contributed by atoms with Crippen LogP contribution >= 0.6 is 0 Å². The second-order valence-electron chi connectivity index (χ2n) is 5.12. The van der Waals surface area contributed by atoms with Crippen LogP contribution in [0.2, 0.25) is 0 Å². The maximum absolute atomic E-state index is 3.42. The minimum atomic E-state index is 0.656. The van der Waals surface area contributed by atoms with Crippen LogP contribution in [0.3, 0.4) is 0 Å². The molecule has 1 heterocycles. The summed E-state index contributed by atoms with van der Waals surface area (Å²) in [6, 6.07) is 0.656. The molecule has 0 amide bonds.